The van der Waals surface area contributed by atoms with E-state index in [1.807, 2.05) is 0 Å². The Bertz CT molecular complexity index is 708. The third-order valence-electron chi connectivity index (χ3n) is 2.96. The van der Waals surface area contributed by atoms with Crippen LogP contribution in [0, 0.1) is 11.3 Å². The van der Waals surface area contributed by atoms with Gasteiger partial charge in [0.05, 0.1) is 11.3 Å². The summed E-state index contributed by atoms with van der Waals surface area (Å²) in [5.41, 5.74) is 0.247. The van der Waals surface area contributed by atoms with Crippen LogP contribution in [0.2, 0.25) is 0 Å². The number of nitrogens with zero attached hydrogens (tertiary/aromatic N) is 3. The van der Waals surface area contributed by atoms with Crippen LogP contribution in [0.25, 0.3) is 11.3 Å². The number of hydrogen-bond donors (Lipinski definition) is 1. The fraction of sp³-hybridized carbons (Fsp3) is 0.267. The lowest BCUT2D eigenvalue weighted by atomic mass is 10.1. The van der Waals surface area contributed by atoms with Gasteiger partial charge in [0.15, 0.2) is 0 Å². The van der Waals surface area contributed by atoms with Gasteiger partial charge in [0.1, 0.15) is 6.07 Å². The number of aliphatic hydroxyl groups excluding tert-OH is 1. The molecule has 2 aromatic rings. The molecule has 0 atom stereocenters. The molecule has 0 saturated heterocycles. The van der Waals surface area contributed by atoms with E-state index in [1.54, 1.807) is 6.07 Å². The van der Waals surface area contributed by atoms with Crippen molar-refractivity contribution in [3.63, 3.8) is 0 Å². The van der Waals surface area contributed by atoms with E-state index in [4.69, 9.17) is 10.4 Å². The van der Waals surface area contributed by atoms with E-state index in [1.165, 1.54) is 18.2 Å². The molecule has 22 heavy (non-hydrogen) atoms. The number of halogens is 3. The molecule has 1 aromatic heterocycles. The van der Waals surface area contributed by atoms with Gasteiger partial charge in [-0.2, -0.15) is 18.4 Å². The van der Waals surface area contributed by atoms with E-state index in [2.05, 4.69) is 9.97 Å². The predicted molar refractivity (Wildman–Crippen MR) is 72.6 cm³/mol. The highest BCUT2D eigenvalue weighted by Gasteiger charge is 2.30. The topological polar surface area (TPSA) is 69.8 Å². The maximum absolute atomic E-state index is 12.8. The van der Waals surface area contributed by atoms with Gasteiger partial charge in [0.25, 0.3) is 0 Å². The lowest BCUT2D eigenvalue weighted by Gasteiger charge is -2.09. The summed E-state index contributed by atoms with van der Waals surface area (Å²) in [5.74, 6) is -0.108. The first kappa shape index (κ1) is 15.9. The molecular weight excluding hydrogens is 295 g/mol. The summed E-state index contributed by atoms with van der Waals surface area (Å²) in [7, 11) is 0. The Hall–Kier alpha value is -2.46. The van der Waals surface area contributed by atoms with Gasteiger partial charge in [-0.05, 0) is 31.0 Å². The largest absolute Gasteiger partial charge is 0.416 e. The Morgan fingerprint density at radius 3 is 2.59 bits per heavy atom. The van der Waals surface area contributed by atoms with Crippen molar-refractivity contribution in [1.82, 2.24) is 9.97 Å². The van der Waals surface area contributed by atoms with Crippen LogP contribution in [0.15, 0.2) is 30.3 Å². The van der Waals surface area contributed by atoms with Gasteiger partial charge in [-0.1, -0.05) is 12.1 Å². The molecule has 0 aliphatic rings. The third kappa shape index (κ3) is 3.80. The molecule has 1 heterocycles. The zero-order valence-corrected chi connectivity index (χ0v) is 11.4. The molecule has 0 spiro atoms. The molecule has 0 fully saturated rings. The van der Waals surface area contributed by atoms with E-state index in [0.717, 1.165) is 12.1 Å². The van der Waals surface area contributed by atoms with Gasteiger partial charge >= 0.3 is 6.18 Å². The Morgan fingerprint density at radius 1 is 1.18 bits per heavy atom. The zero-order valence-electron chi connectivity index (χ0n) is 11.4. The number of aryl methyl sites for hydroxylation is 1. The molecule has 1 N–H and O–H groups in total. The number of alkyl halides is 3. The molecular formula is C15H12F3N3O. The van der Waals surface area contributed by atoms with E-state index in [-0.39, 0.29) is 23.7 Å². The third-order valence-corrected chi connectivity index (χ3v) is 2.96. The number of aliphatic hydroxyl groups is 1. The van der Waals surface area contributed by atoms with Crippen molar-refractivity contribution in [3.05, 3.63) is 47.4 Å². The lowest BCUT2D eigenvalue weighted by Crippen LogP contribution is -2.05. The SMILES string of the molecule is N#Cc1nc(CCCO)cc(-c2cccc(C(F)(F)F)c2)n1. The van der Waals surface area contributed by atoms with Gasteiger partial charge in [-0.3, -0.25) is 0 Å². The summed E-state index contributed by atoms with van der Waals surface area (Å²) in [5, 5.41) is 17.8. The first-order valence-corrected chi connectivity index (χ1v) is 6.50. The molecule has 0 amide bonds. The minimum Gasteiger partial charge on any atom is -0.396 e. The highest BCUT2D eigenvalue weighted by atomic mass is 19.4. The maximum atomic E-state index is 12.8. The second-order valence-corrected chi connectivity index (χ2v) is 4.59. The quantitative estimate of drug-likeness (QED) is 0.943. The van der Waals surface area contributed by atoms with Crippen LogP contribution < -0.4 is 0 Å². The monoisotopic (exact) mass is 307 g/mol. The standard InChI is InChI=1S/C15H12F3N3O/c16-15(17,18)11-4-1-3-10(7-11)13-8-12(5-2-6-22)20-14(9-19)21-13/h1,3-4,7-8,22H,2,5-6H2. The molecule has 0 bridgehead atoms. The fourth-order valence-electron chi connectivity index (χ4n) is 1.94. The predicted octanol–water partition coefficient (Wildman–Crippen LogP) is 2.96. The summed E-state index contributed by atoms with van der Waals surface area (Å²) in [4.78, 5) is 7.93. The number of hydrogen-bond acceptors (Lipinski definition) is 4. The average Bonchev–Trinajstić information content (AvgIpc) is 2.52. The smallest absolute Gasteiger partial charge is 0.396 e. The number of aromatic nitrogens is 2. The highest BCUT2D eigenvalue weighted by Crippen LogP contribution is 2.31. The van der Waals surface area contributed by atoms with Crippen LogP contribution in [0.3, 0.4) is 0 Å². The number of rotatable bonds is 4. The number of nitriles is 1. The summed E-state index contributed by atoms with van der Waals surface area (Å²) in [6.07, 6.45) is -3.58. The van der Waals surface area contributed by atoms with E-state index >= 15 is 0 Å². The second-order valence-electron chi connectivity index (χ2n) is 4.59. The summed E-state index contributed by atoms with van der Waals surface area (Å²) in [6.45, 7) is -0.0369. The summed E-state index contributed by atoms with van der Waals surface area (Å²) in [6, 6.07) is 8.07. The molecule has 114 valence electrons. The molecule has 0 unspecified atom stereocenters. The van der Waals surface area contributed by atoms with Gasteiger partial charge < -0.3 is 5.11 Å². The highest BCUT2D eigenvalue weighted by molar-refractivity contribution is 5.61. The van der Waals surface area contributed by atoms with Crippen molar-refractivity contribution in [2.75, 3.05) is 6.61 Å². The molecule has 0 radical (unpaired) electrons. The van der Waals surface area contributed by atoms with Crippen LogP contribution in [-0.4, -0.2) is 21.7 Å². The van der Waals surface area contributed by atoms with Crippen molar-refractivity contribution in [2.24, 2.45) is 0 Å². The van der Waals surface area contributed by atoms with E-state index < -0.39 is 11.7 Å². The van der Waals surface area contributed by atoms with Crippen LogP contribution in [0.5, 0.6) is 0 Å². The lowest BCUT2D eigenvalue weighted by molar-refractivity contribution is -0.137. The molecule has 7 heteroatoms. The van der Waals surface area contributed by atoms with Gasteiger partial charge in [-0.25, -0.2) is 9.97 Å². The first-order valence-electron chi connectivity index (χ1n) is 6.50. The zero-order chi connectivity index (χ0) is 16.2. The van der Waals surface area contributed by atoms with Crippen molar-refractivity contribution >= 4 is 0 Å². The fourth-order valence-corrected chi connectivity index (χ4v) is 1.94. The first-order chi connectivity index (χ1) is 10.4. The van der Waals surface area contributed by atoms with Crippen molar-refractivity contribution in [3.8, 4) is 17.3 Å². The van der Waals surface area contributed by atoms with Gasteiger partial charge in [0.2, 0.25) is 5.82 Å². The van der Waals surface area contributed by atoms with Crippen molar-refractivity contribution in [2.45, 2.75) is 19.0 Å². The van der Waals surface area contributed by atoms with Gasteiger partial charge in [0, 0.05) is 17.9 Å². The Kier molecular flexibility index (Phi) is 4.73. The molecule has 2 rings (SSSR count). The molecule has 4 nitrogen and oxygen atoms in total. The maximum Gasteiger partial charge on any atom is 0.416 e. The molecule has 0 aliphatic carbocycles. The minimum atomic E-state index is -4.44. The average molecular weight is 307 g/mol. The van der Waals surface area contributed by atoms with Crippen LogP contribution in [0.4, 0.5) is 13.2 Å². The number of benzene rings is 1. The Balaban J connectivity index is 2.46. The van der Waals surface area contributed by atoms with Crippen LogP contribution in [0.1, 0.15) is 23.5 Å². The van der Waals surface area contributed by atoms with Gasteiger partial charge in [-0.15, -0.1) is 0 Å². The Labute approximate surface area is 124 Å². The van der Waals surface area contributed by atoms with E-state index in [0.29, 0.717) is 18.5 Å². The molecule has 0 aliphatic heterocycles. The molecule has 0 saturated carbocycles. The summed E-state index contributed by atoms with van der Waals surface area (Å²) >= 11 is 0. The second kappa shape index (κ2) is 6.54. The summed E-state index contributed by atoms with van der Waals surface area (Å²) < 4.78 is 38.3. The van der Waals surface area contributed by atoms with Crippen molar-refractivity contribution in [1.29, 1.82) is 5.26 Å². The van der Waals surface area contributed by atoms with Crippen LogP contribution >= 0.6 is 0 Å². The normalized spacial score (nSPS) is 11.2. The van der Waals surface area contributed by atoms with Crippen LogP contribution in [-0.2, 0) is 12.6 Å². The Morgan fingerprint density at radius 2 is 1.95 bits per heavy atom. The molecule has 1 aromatic carbocycles. The van der Waals surface area contributed by atoms with Crippen molar-refractivity contribution < 1.29 is 18.3 Å². The minimum absolute atomic E-state index is 0.0369. The van der Waals surface area contributed by atoms with E-state index in [9.17, 15) is 13.2 Å².